The molecule has 2 rings (SSSR count). The highest BCUT2D eigenvalue weighted by Gasteiger charge is 2.61. The number of halogens is 3. The highest BCUT2D eigenvalue weighted by molar-refractivity contribution is 5.02. The molecular weight excluding hydrogens is 195 g/mol. The van der Waals surface area contributed by atoms with E-state index in [2.05, 4.69) is 0 Å². The van der Waals surface area contributed by atoms with E-state index in [0.29, 0.717) is 25.7 Å². The van der Waals surface area contributed by atoms with E-state index < -0.39 is 17.7 Å². The van der Waals surface area contributed by atoms with Gasteiger partial charge >= 0.3 is 6.18 Å². The van der Waals surface area contributed by atoms with Crippen molar-refractivity contribution < 1.29 is 17.9 Å². The highest BCUT2D eigenvalue weighted by atomic mass is 19.4. The second-order valence-electron chi connectivity index (χ2n) is 4.31. The van der Waals surface area contributed by atoms with E-state index in [4.69, 9.17) is 10.5 Å². The topological polar surface area (TPSA) is 35.2 Å². The highest BCUT2D eigenvalue weighted by Crippen LogP contribution is 2.51. The van der Waals surface area contributed by atoms with Crippen LogP contribution in [-0.2, 0) is 4.74 Å². The molecule has 1 spiro atoms. The predicted octanol–water partition coefficient (Wildman–Crippen LogP) is 1.84. The first-order valence-corrected chi connectivity index (χ1v) is 4.90. The molecule has 0 aromatic carbocycles. The predicted molar refractivity (Wildman–Crippen MR) is 44.7 cm³/mol. The normalized spacial score (nSPS) is 43.7. The first-order valence-electron chi connectivity index (χ1n) is 4.90. The van der Waals surface area contributed by atoms with E-state index in [0.717, 1.165) is 0 Å². The molecule has 0 aromatic heterocycles. The molecule has 0 radical (unpaired) electrons. The van der Waals surface area contributed by atoms with Gasteiger partial charge in [-0.05, 0) is 25.7 Å². The first kappa shape index (κ1) is 10.2. The summed E-state index contributed by atoms with van der Waals surface area (Å²) in [4.78, 5) is 0. The van der Waals surface area contributed by atoms with Crippen LogP contribution in [0.1, 0.15) is 25.7 Å². The molecule has 2 N–H and O–H groups in total. The second-order valence-corrected chi connectivity index (χ2v) is 4.31. The molecule has 1 unspecified atom stereocenters. The number of hydrogen-bond donors (Lipinski definition) is 1. The number of alkyl halides is 3. The maximum absolute atomic E-state index is 12.5. The number of nitrogens with two attached hydrogens (primary N) is 1. The van der Waals surface area contributed by atoms with Gasteiger partial charge in [-0.1, -0.05) is 0 Å². The third-order valence-corrected chi connectivity index (χ3v) is 3.44. The molecule has 1 aliphatic heterocycles. The minimum absolute atomic E-state index is 0.0544. The fraction of sp³-hybridized carbons (Fsp3) is 1.00. The number of rotatable bonds is 0. The van der Waals surface area contributed by atoms with Crippen LogP contribution in [0.3, 0.4) is 0 Å². The fourth-order valence-electron chi connectivity index (χ4n) is 2.42. The molecule has 1 aliphatic carbocycles. The van der Waals surface area contributed by atoms with E-state index in [1.165, 1.54) is 0 Å². The summed E-state index contributed by atoms with van der Waals surface area (Å²) >= 11 is 0. The van der Waals surface area contributed by atoms with Crippen molar-refractivity contribution in [1.29, 1.82) is 0 Å². The molecule has 2 nitrogen and oxygen atoms in total. The largest absolute Gasteiger partial charge is 0.396 e. The van der Waals surface area contributed by atoms with Gasteiger partial charge in [0.05, 0.1) is 12.2 Å². The zero-order valence-electron chi connectivity index (χ0n) is 7.81. The molecule has 1 atom stereocenters. The maximum atomic E-state index is 12.5. The van der Waals surface area contributed by atoms with Crippen LogP contribution in [0.4, 0.5) is 13.2 Å². The Kier molecular flexibility index (Phi) is 2.27. The van der Waals surface area contributed by atoms with Crippen molar-refractivity contribution in [2.75, 3.05) is 6.61 Å². The van der Waals surface area contributed by atoms with Crippen LogP contribution in [0.15, 0.2) is 0 Å². The third kappa shape index (κ3) is 1.52. The summed E-state index contributed by atoms with van der Waals surface area (Å²) < 4.78 is 42.7. The van der Waals surface area contributed by atoms with Crippen LogP contribution in [0, 0.1) is 5.92 Å². The van der Waals surface area contributed by atoms with Crippen LogP contribution >= 0.6 is 0 Å². The number of ether oxygens (including phenoxy) is 1. The van der Waals surface area contributed by atoms with Crippen LogP contribution in [-0.4, -0.2) is 24.4 Å². The molecule has 2 aliphatic rings. The zero-order chi connectivity index (χ0) is 10.4. The summed E-state index contributed by atoms with van der Waals surface area (Å²) in [5.41, 5.74) is 4.73. The van der Waals surface area contributed by atoms with Crippen LogP contribution in [0.5, 0.6) is 0 Å². The lowest BCUT2D eigenvalue weighted by Gasteiger charge is -2.52. The Morgan fingerprint density at radius 2 is 1.79 bits per heavy atom. The van der Waals surface area contributed by atoms with Gasteiger partial charge < -0.3 is 10.5 Å². The average Bonchev–Trinajstić information content (AvgIpc) is 2.00. The quantitative estimate of drug-likeness (QED) is 0.660. The summed E-state index contributed by atoms with van der Waals surface area (Å²) in [6.45, 7) is -0.168. The molecule has 82 valence electrons. The molecule has 14 heavy (non-hydrogen) atoms. The van der Waals surface area contributed by atoms with E-state index >= 15 is 0 Å². The summed E-state index contributed by atoms with van der Waals surface area (Å²) in [5.74, 6) is -1.26. The van der Waals surface area contributed by atoms with Crippen molar-refractivity contribution in [1.82, 2.24) is 0 Å². The van der Waals surface area contributed by atoms with E-state index in [1.807, 2.05) is 0 Å². The minimum atomic E-state index is -4.11. The van der Waals surface area contributed by atoms with Gasteiger partial charge in [0.25, 0.3) is 0 Å². The third-order valence-electron chi connectivity index (χ3n) is 3.44. The van der Waals surface area contributed by atoms with Gasteiger partial charge in [-0.3, -0.25) is 0 Å². The molecule has 1 saturated carbocycles. The molecule has 0 amide bonds. The zero-order valence-corrected chi connectivity index (χ0v) is 7.81. The van der Waals surface area contributed by atoms with E-state index in [9.17, 15) is 13.2 Å². The van der Waals surface area contributed by atoms with Gasteiger partial charge in [-0.15, -0.1) is 0 Å². The molecular formula is C9H14F3NO. The molecule has 2 fully saturated rings. The van der Waals surface area contributed by atoms with Crippen molar-refractivity contribution in [3.05, 3.63) is 0 Å². The van der Waals surface area contributed by atoms with Gasteiger partial charge in [0.15, 0.2) is 0 Å². The molecule has 1 saturated heterocycles. The summed E-state index contributed by atoms with van der Waals surface area (Å²) in [5, 5.41) is 0. The lowest BCUT2D eigenvalue weighted by Crippen LogP contribution is -2.61. The van der Waals surface area contributed by atoms with Crippen molar-refractivity contribution >= 4 is 0 Å². The number of hydrogen-bond acceptors (Lipinski definition) is 2. The van der Waals surface area contributed by atoms with Gasteiger partial charge in [-0.2, -0.15) is 13.2 Å². The lowest BCUT2D eigenvalue weighted by atomic mass is 9.70. The first-order chi connectivity index (χ1) is 6.44. The summed E-state index contributed by atoms with van der Waals surface area (Å²) in [7, 11) is 0. The Hall–Kier alpha value is -0.290. The Labute approximate surface area is 80.6 Å². The fourth-order valence-corrected chi connectivity index (χ4v) is 2.42. The second kappa shape index (κ2) is 3.10. The van der Waals surface area contributed by atoms with Crippen molar-refractivity contribution in [2.45, 2.75) is 43.5 Å². The summed E-state index contributed by atoms with van der Waals surface area (Å²) in [6.07, 6.45) is -1.91. The average molecular weight is 209 g/mol. The van der Waals surface area contributed by atoms with Crippen LogP contribution < -0.4 is 5.73 Å². The van der Waals surface area contributed by atoms with Crippen molar-refractivity contribution in [3.63, 3.8) is 0 Å². The Morgan fingerprint density at radius 3 is 2.14 bits per heavy atom. The van der Waals surface area contributed by atoms with Crippen LogP contribution in [0.25, 0.3) is 0 Å². The molecule has 0 aromatic rings. The Bertz CT molecular complexity index is 221. The Morgan fingerprint density at radius 1 is 1.21 bits per heavy atom. The Balaban J connectivity index is 2.04. The lowest BCUT2D eigenvalue weighted by molar-refractivity contribution is -0.326. The standard InChI is InChI=1S/C9H14F3NO/c10-9(11,12)7-5-14-8(7)3-1-6(13)2-4-8/h6-7H,1-5,13H2. The molecule has 5 heteroatoms. The smallest absolute Gasteiger partial charge is 0.374 e. The van der Waals surface area contributed by atoms with Gasteiger partial charge in [0.1, 0.15) is 5.92 Å². The van der Waals surface area contributed by atoms with Crippen molar-refractivity contribution in [3.8, 4) is 0 Å². The van der Waals surface area contributed by atoms with E-state index in [-0.39, 0.29) is 12.6 Å². The minimum Gasteiger partial charge on any atom is -0.374 e. The van der Waals surface area contributed by atoms with Gasteiger partial charge in [0, 0.05) is 6.04 Å². The van der Waals surface area contributed by atoms with Crippen LogP contribution in [0.2, 0.25) is 0 Å². The van der Waals surface area contributed by atoms with E-state index in [1.54, 1.807) is 0 Å². The maximum Gasteiger partial charge on any atom is 0.396 e. The molecule has 0 bridgehead atoms. The SMILES string of the molecule is NC1CCC2(CC1)OCC2C(F)(F)F. The molecule has 1 heterocycles. The van der Waals surface area contributed by atoms with Gasteiger partial charge in [-0.25, -0.2) is 0 Å². The van der Waals surface area contributed by atoms with Crippen molar-refractivity contribution in [2.24, 2.45) is 11.7 Å². The van der Waals surface area contributed by atoms with Gasteiger partial charge in [0.2, 0.25) is 0 Å². The summed E-state index contributed by atoms with van der Waals surface area (Å²) in [6, 6.07) is 0.0544. The monoisotopic (exact) mass is 209 g/mol.